The number of rotatable bonds is 3. The molecule has 126 valence electrons. The standard InChI is InChI=1S/C17H17ClN2O3S/c1-11-3-5-13(18)10-15(11)19-24(22,23)14-6-7-16-12(9-14)4-8-17(21)20(16)2/h3,5-7,9-10,19H,4,8H2,1-2H3. The van der Waals surface area contributed by atoms with Crippen LogP contribution in [0.1, 0.15) is 17.5 Å². The van der Waals surface area contributed by atoms with E-state index in [9.17, 15) is 13.2 Å². The van der Waals surface area contributed by atoms with Gasteiger partial charge in [0.05, 0.1) is 10.6 Å². The lowest BCUT2D eigenvalue weighted by Crippen LogP contribution is -2.31. The molecule has 0 atom stereocenters. The zero-order chi connectivity index (χ0) is 17.5. The predicted octanol–water partition coefficient (Wildman–Crippen LogP) is 3.36. The molecular weight excluding hydrogens is 348 g/mol. The highest BCUT2D eigenvalue weighted by Crippen LogP contribution is 2.30. The summed E-state index contributed by atoms with van der Waals surface area (Å²) in [5.74, 6) is 0.0331. The molecule has 2 aromatic carbocycles. The smallest absolute Gasteiger partial charge is 0.261 e. The SMILES string of the molecule is Cc1ccc(Cl)cc1NS(=O)(=O)c1ccc2c(c1)CCC(=O)N2C. The zero-order valence-corrected chi connectivity index (χ0v) is 14.9. The van der Waals surface area contributed by atoms with Gasteiger partial charge in [-0.15, -0.1) is 0 Å². The molecule has 1 N–H and O–H groups in total. The molecule has 0 spiro atoms. The Morgan fingerprint density at radius 3 is 2.62 bits per heavy atom. The van der Waals surface area contributed by atoms with Crippen molar-refractivity contribution in [2.45, 2.75) is 24.7 Å². The van der Waals surface area contributed by atoms with Crippen LogP contribution in [0.3, 0.4) is 0 Å². The van der Waals surface area contributed by atoms with E-state index in [1.165, 1.54) is 6.07 Å². The maximum atomic E-state index is 12.7. The van der Waals surface area contributed by atoms with Gasteiger partial charge in [0, 0.05) is 24.2 Å². The third-order valence-electron chi connectivity index (χ3n) is 4.15. The number of hydrogen-bond donors (Lipinski definition) is 1. The molecule has 5 nitrogen and oxygen atoms in total. The van der Waals surface area contributed by atoms with Crippen LogP contribution in [0.5, 0.6) is 0 Å². The molecule has 7 heteroatoms. The maximum absolute atomic E-state index is 12.7. The maximum Gasteiger partial charge on any atom is 0.261 e. The fourth-order valence-electron chi connectivity index (χ4n) is 2.71. The number of aryl methyl sites for hydroxylation is 2. The van der Waals surface area contributed by atoms with Gasteiger partial charge in [-0.2, -0.15) is 0 Å². The van der Waals surface area contributed by atoms with Crippen LogP contribution in [0.25, 0.3) is 0 Å². The van der Waals surface area contributed by atoms with Gasteiger partial charge in [-0.1, -0.05) is 17.7 Å². The molecule has 1 aliphatic rings. The molecule has 0 aliphatic carbocycles. The van der Waals surface area contributed by atoms with Crippen molar-refractivity contribution in [3.8, 4) is 0 Å². The molecule has 0 radical (unpaired) electrons. The summed E-state index contributed by atoms with van der Waals surface area (Å²) in [5, 5.41) is 0.462. The predicted molar refractivity (Wildman–Crippen MR) is 95.2 cm³/mol. The first kappa shape index (κ1) is 16.8. The van der Waals surface area contributed by atoms with Gasteiger partial charge in [-0.05, 0) is 54.8 Å². The summed E-state index contributed by atoms with van der Waals surface area (Å²) < 4.78 is 27.9. The second kappa shape index (κ2) is 6.11. The van der Waals surface area contributed by atoms with Crippen molar-refractivity contribution in [2.75, 3.05) is 16.7 Å². The Bertz CT molecular complexity index is 925. The van der Waals surface area contributed by atoms with Crippen LogP contribution < -0.4 is 9.62 Å². The molecule has 0 aromatic heterocycles. The minimum absolute atomic E-state index is 0.0331. The van der Waals surface area contributed by atoms with Crippen molar-refractivity contribution in [2.24, 2.45) is 0 Å². The second-order valence-electron chi connectivity index (χ2n) is 5.81. The number of nitrogens with one attached hydrogen (secondary N) is 1. The van der Waals surface area contributed by atoms with Crippen molar-refractivity contribution in [1.29, 1.82) is 0 Å². The van der Waals surface area contributed by atoms with Gasteiger partial charge < -0.3 is 4.90 Å². The van der Waals surface area contributed by atoms with Crippen LogP contribution in [0.4, 0.5) is 11.4 Å². The fraction of sp³-hybridized carbons (Fsp3) is 0.235. The number of fused-ring (bicyclic) bond motifs is 1. The third kappa shape index (κ3) is 3.12. The van der Waals surface area contributed by atoms with Gasteiger partial charge >= 0.3 is 0 Å². The molecule has 2 aromatic rings. The molecule has 0 saturated carbocycles. The van der Waals surface area contributed by atoms with Gasteiger partial charge in [-0.25, -0.2) is 8.42 Å². The van der Waals surface area contributed by atoms with Crippen LogP contribution in [-0.2, 0) is 21.2 Å². The summed E-state index contributed by atoms with van der Waals surface area (Å²) in [6.07, 6.45) is 0.923. The highest BCUT2D eigenvalue weighted by Gasteiger charge is 2.24. The minimum Gasteiger partial charge on any atom is -0.315 e. The molecule has 0 saturated heterocycles. The minimum atomic E-state index is -3.73. The van der Waals surface area contributed by atoms with Crippen molar-refractivity contribution >= 4 is 38.9 Å². The normalized spacial score (nSPS) is 14.5. The number of amides is 1. The number of sulfonamides is 1. The number of halogens is 1. The first-order chi connectivity index (χ1) is 11.3. The Hall–Kier alpha value is -2.05. The average Bonchev–Trinajstić information content (AvgIpc) is 2.54. The van der Waals surface area contributed by atoms with E-state index in [1.54, 1.807) is 42.3 Å². The molecule has 0 fully saturated rings. The average molecular weight is 365 g/mol. The molecule has 0 unspecified atom stereocenters. The molecule has 1 aliphatic heterocycles. The number of carbonyl (C=O) groups excluding carboxylic acids is 1. The molecule has 1 amide bonds. The molecule has 24 heavy (non-hydrogen) atoms. The number of benzene rings is 2. The lowest BCUT2D eigenvalue weighted by molar-refractivity contribution is -0.118. The molecule has 1 heterocycles. The first-order valence-electron chi connectivity index (χ1n) is 7.46. The van der Waals surface area contributed by atoms with Crippen LogP contribution in [-0.4, -0.2) is 21.4 Å². The van der Waals surface area contributed by atoms with E-state index in [4.69, 9.17) is 11.6 Å². The highest BCUT2D eigenvalue weighted by atomic mass is 35.5. The fourth-order valence-corrected chi connectivity index (χ4v) is 4.05. The monoisotopic (exact) mass is 364 g/mol. The van der Waals surface area contributed by atoms with Gasteiger partial charge in [0.2, 0.25) is 5.91 Å². The number of anilines is 2. The lowest BCUT2D eigenvalue weighted by Gasteiger charge is -2.26. The van der Waals surface area contributed by atoms with Crippen molar-refractivity contribution < 1.29 is 13.2 Å². The Kier molecular flexibility index (Phi) is 4.27. The topological polar surface area (TPSA) is 66.5 Å². The van der Waals surface area contributed by atoms with E-state index in [0.717, 1.165) is 16.8 Å². The number of hydrogen-bond acceptors (Lipinski definition) is 3. The summed E-state index contributed by atoms with van der Waals surface area (Å²) >= 11 is 5.94. The van der Waals surface area contributed by atoms with Crippen molar-refractivity contribution in [3.05, 3.63) is 52.5 Å². The van der Waals surface area contributed by atoms with E-state index in [0.29, 0.717) is 23.6 Å². The lowest BCUT2D eigenvalue weighted by atomic mass is 10.0. The summed E-state index contributed by atoms with van der Waals surface area (Å²) in [4.78, 5) is 13.5. The van der Waals surface area contributed by atoms with E-state index in [1.807, 2.05) is 6.92 Å². The summed E-state index contributed by atoms with van der Waals surface area (Å²) in [7, 11) is -2.03. The number of nitrogens with zero attached hydrogens (tertiary/aromatic N) is 1. The highest BCUT2D eigenvalue weighted by molar-refractivity contribution is 7.92. The van der Waals surface area contributed by atoms with Crippen LogP contribution in [0.2, 0.25) is 5.02 Å². The first-order valence-corrected chi connectivity index (χ1v) is 9.32. The zero-order valence-electron chi connectivity index (χ0n) is 13.3. The van der Waals surface area contributed by atoms with E-state index >= 15 is 0 Å². The van der Waals surface area contributed by atoms with Gasteiger partial charge in [0.1, 0.15) is 0 Å². The Labute approximate surface area is 146 Å². The molecule has 3 rings (SSSR count). The summed E-state index contributed by atoms with van der Waals surface area (Å²) in [6.45, 7) is 1.81. The Balaban J connectivity index is 1.96. The number of carbonyl (C=O) groups is 1. The largest absolute Gasteiger partial charge is 0.315 e. The third-order valence-corrected chi connectivity index (χ3v) is 5.75. The quantitative estimate of drug-likeness (QED) is 0.908. The Morgan fingerprint density at radius 2 is 1.88 bits per heavy atom. The van der Waals surface area contributed by atoms with E-state index in [-0.39, 0.29) is 10.8 Å². The van der Waals surface area contributed by atoms with Crippen molar-refractivity contribution in [3.63, 3.8) is 0 Å². The van der Waals surface area contributed by atoms with Crippen LogP contribution in [0, 0.1) is 6.92 Å². The van der Waals surface area contributed by atoms with Gasteiger partial charge in [0.15, 0.2) is 0 Å². The molecular formula is C17H17ClN2O3S. The second-order valence-corrected chi connectivity index (χ2v) is 7.93. The molecule has 0 bridgehead atoms. The van der Waals surface area contributed by atoms with E-state index < -0.39 is 10.0 Å². The van der Waals surface area contributed by atoms with Crippen LogP contribution in [0.15, 0.2) is 41.3 Å². The van der Waals surface area contributed by atoms with Gasteiger partial charge in [0.25, 0.3) is 10.0 Å². The van der Waals surface area contributed by atoms with Gasteiger partial charge in [-0.3, -0.25) is 9.52 Å². The van der Waals surface area contributed by atoms with Crippen LogP contribution >= 0.6 is 11.6 Å². The van der Waals surface area contributed by atoms with Crippen molar-refractivity contribution in [1.82, 2.24) is 0 Å². The van der Waals surface area contributed by atoms with E-state index in [2.05, 4.69) is 4.72 Å². The Morgan fingerprint density at radius 1 is 1.12 bits per heavy atom. The summed E-state index contributed by atoms with van der Waals surface area (Å²) in [5.41, 5.74) is 2.84. The summed E-state index contributed by atoms with van der Waals surface area (Å²) in [6, 6.07) is 9.86.